The van der Waals surface area contributed by atoms with Crippen LogP contribution in [0.5, 0.6) is 0 Å². The van der Waals surface area contributed by atoms with E-state index in [-0.39, 0.29) is 0 Å². The molecular weight excluding hydrogens is 218 g/mol. The molecule has 2 rings (SSSR count). The molecule has 0 saturated heterocycles. The smallest absolute Gasteiger partial charge is 0.188 e. The number of aromatic nitrogens is 6. The van der Waals surface area contributed by atoms with Gasteiger partial charge >= 0.3 is 0 Å². The Morgan fingerprint density at radius 2 is 2.29 bits per heavy atom. The molecule has 0 fully saturated rings. The minimum Gasteiger partial charge on any atom is -0.337 e. The van der Waals surface area contributed by atoms with E-state index in [1.165, 1.54) is 4.80 Å². The van der Waals surface area contributed by atoms with Crippen LogP contribution in [0.25, 0.3) is 0 Å². The van der Waals surface area contributed by atoms with Crippen molar-refractivity contribution in [3.8, 4) is 0 Å². The lowest BCUT2D eigenvalue weighted by Gasteiger charge is -2.03. The molecular formula is C10H17N7. The Kier molecular flexibility index (Phi) is 4.20. The number of unbranched alkanes of at least 4 members (excludes halogenated alkanes) is 1. The van der Waals surface area contributed by atoms with Gasteiger partial charge in [0, 0.05) is 18.9 Å². The molecule has 1 N–H and O–H groups in total. The number of hydrogen-bond donors (Lipinski definition) is 1. The van der Waals surface area contributed by atoms with Gasteiger partial charge in [-0.2, -0.15) is 4.80 Å². The summed E-state index contributed by atoms with van der Waals surface area (Å²) in [7, 11) is 1.77. The van der Waals surface area contributed by atoms with E-state index in [1.807, 2.05) is 12.5 Å². The van der Waals surface area contributed by atoms with E-state index in [4.69, 9.17) is 0 Å². The first-order valence-electron chi connectivity index (χ1n) is 5.74. The van der Waals surface area contributed by atoms with Crippen LogP contribution in [0.3, 0.4) is 0 Å². The third kappa shape index (κ3) is 3.95. The normalized spacial score (nSPS) is 10.9. The fourth-order valence-electron chi connectivity index (χ4n) is 1.56. The van der Waals surface area contributed by atoms with Crippen LogP contribution in [0.2, 0.25) is 0 Å². The molecule has 0 spiro atoms. The van der Waals surface area contributed by atoms with Gasteiger partial charge in [0.05, 0.1) is 19.9 Å². The monoisotopic (exact) mass is 235 g/mol. The van der Waals surface area contributed by atoms with Crippen LogP contribution in [-0.2, 0) is 20.1 Å². The molecule has 0 saturated carbocycles. The summed E-state index contributed by atoms with van der Waals surface area (Å²) >= 11 is 0. The van der Waals surface area contributed by atoms with Gasteiger partial charge in [-0.1, -0.05) is 0 Å². The Morgan fingerprint density at radius 3 is 3.00 bits per heavy atom. The van der Waals surface area contributed by atoms with Crippen molar-refractivity contribution in [1.29, 1.82) is 0 Å². The largest absolute Gasteiger partial charge is 0.337 e. The van der Waals surface area contributed by atoms with Crippen LogP contribution in [0, 0.1) is 0 Å². The Balaban J connectivity index is 1.52. The van der Waals surface area contributed by atoms with Gasteiger partial charge in [-0.05, 0) is 24.6 Å². The summed E-state index contributed by atoms with van der Waals surface area (Å²) in [4.78, 5) is 5.47. The highest BCUT2D eigenvalue weighted by Gasteiger charge is 1.98. The molecule has 0 bridgehead atoms. The van der Waals surface area contributed by atoms with Gasteiger partial charge in [0.1, 0.15) is 0 Å². The lowest BCUT2D eigenvalue weighted by atomic mass is 10.3. The maximum atomic E-state index is 4.09. The standard InChI is InChI=1S/C10H17N7/c1-16-14-10(13-15-16)8-11-4-2-3-6-17-7-5-12-9-17/h5,7,9,11H,2-4,6,8H2,1H3. The Hall–Kier alpha value is -1.76. The summed E-state index contributed by atoms with van der Waals surface area (Å²) in [5.41, 5.74) is 0. The van der Waals surface area contributed by atoms with E-state index >= 15 is 0 Å². The zero-order valence-electron chi connectivity index (χ0n) is 9.95. The molecule has 17 heavy (non-hydrogen) atoms. The molecule has 2 aromatic heterocycles. The van der Waals surface area contributed by atoms with Crippen molar-refractivity contribution in [2.75, 3.05) is 6.54 Å². The molecule has 7 heteroatoms. The Morgan fingerprint density at radius 1 is 1.35 bits per heavy atom. The highest BCUT2D eigenvalue weighted by Crippen LogP contribution is 1.94. The van der Waals surface area contributed by atoms with E-state index in [0.29, 0.717) is 6.54 Å². The predicted octanol–water partition coefficient (Wildman–Crippen LogP) is -0.0234. The molecule has 0 aliphatic carbocycles. The fraction of sp³-hybridized carbons (Fsp3) is 0.600. The first kappa shape index (κ1) is 11.7. The van der Waals surface area contributed by atoms with Gasteiger partial charge in [-0.25, -0.2) is 4.98 Å². The third-order valence-electron chi connectivity index (χ3n) is 2.41. The topological polar surface area (TPSA) is 73.5 Å². The van der Waals surface area contributed by atoms with Gasteiger partial charge in [0.2, 0.25) is 0 Å². The van der Waals surface area contributed by atoms with Gasteiger partial charge in [-0.3, -0.25) is 0 Å². The summed E-state index contributed by atoms with van der Waals surface area (Å²) in [5, 5.41) is 15.1. The second-order valence-electron chi connectivity index (χ2n) is 3.88. The number of imidazole rings is 1. The van der Waals surface area contributed by atoms with E-state index in [1.54, 1.807) is 13.2 Å². The molecule has 0 unspecified atom stereocenters. The van der Waals surface area contributed by atoms with Crippen LogP contribution in [0.15, 0.2) is 18.7 Å². The number of nitrogens with zero attached hydrogens (tertiary/aromatic N) is 6. The molecule has 0 atom stereocenters. The molecule has 2 heterocycles. The van der Waals surface area contributed by atoms with Crippen LogP contribution >= 0.6 is 0 Å². The molecule has 0 aliphatic heterocycles. The number of aryl methyl sites for hydroxylation is 2. The second-order valence-corrected chi connectivity index (χ2v) is 3.88. The number of hydrogen-bond acceptors (Lipinski definition) is 5. The zero-order chi connectivity index (χ0) is 11.9. The fourth-order valence-corrected chi connectivity index (χ4v) is 1.56. The molecule has 0 aromatic carbocycles. The SMILES string of the molecule is Cn1nnc(CNCCCCn2ccnc2)n1. The van der Waals surface area contributed by atoms with Crippen molar-refractivity contribution in [2.24, 2.45) is 7.05 Å². The van der Waals surface area contributed by atoms with E-state index < -0.39 is 0 Å². The highest BCUT2D eigenvalue weighted by atomic mass is 15.6. The van der Waals surface area contributed by atoms with Gasteiger partial charge < -0.3 is 9.88 Å². The van der Waals surface area contributed by atoms with Crippen molar-refractivity contribution in [3.05, 3.63) is 24.5 Å². The predicted molar refractivity (Wildman–Crippen MR) is 62.0 cm³/mol. The number of rotatable bonds is 7. The number of nitrogens with one attached hydrogen (secondary N) is 1. The van der Waals surface area contributed by atoms with Crippen LogP contribution in [0.4, 0.5) is 0 Å². The van der Waals surface area contributed by atoms with Crippen LogP contribution in [0.1, 0.15) is 18.7 Å². The first-order valence-corrected chi connectivity index (χ1v) is 5.74. The summed E-state index contributed by atoms with van der Waals surface area (Å²) < 4.78 is 2.09. The summed E-state index contributed by atoms with van der Waals surface area (Å²) in [5.74, 6) is 0.738. The average molecular weight is 235 g/mol. The maximum absolute atomic E-state index is 4.09. The first-order chi connectivity index (χ1) is 8.34. The quantitative estimate of drug-likeness (QED) is 0.683. The molecule has 0 radical (unpaired) electrons. The zero-order valence-corrected chi connectivity index (χ0v) is 9.95. The minimum atomic E-state index is 0.679. The molecule has 0 amide bonds. The molecule has 0 aliphatic rings. The summed E-state index contributed by atoms with van der Waals surface area (Å²) in [6.45, 7) is 2.66. The maximum Gasteiger partial charge on any atom is 0.188 e. The van der Waals surface area contributed by atoms with Gasteiger partial charge in [0.25, 0.3) is 0 Å². The number of tetrazole rings is 1. The van der Waals surface area contributed by atoms with Crippen molar-refractivity contribution >= 4 is 0 Å². The minimum absolute atomic E-state index is 0.679. The van der Waals surface area contributed by atoms with Crippen LogP contribution < -0.4 is 5.32 Å². The molecule has 92 valence electrons. The Bertz CT molecular complexity index is 420. The Labute approximate surface area is 99.9 Å². The van der Waals surface area contributed by atoms with E-state index in [2.05, 4.69) is 30.3 Å². The molecule has 2 aromatic rings. The second kappa shape index (κ2) is 6.09. The highest BCUT2D eigenvalue weighted by molar-refractivity contribution is 4.75. The summed E-state index contributed by atoms with van der Waals surface area (Å²) in [6.07, 6.45) is 7.89. The van der Waals surface area contributed by atoms with Crippen molar-refractivity contribution < 1.29 is 0 Å². The van der Waals surface area contributed by atoms with E-state index in [9.17, 15) is 0 Å². The van der Waals surface area contributed by atoms with Crippen molar-refractivity contribution in [3.63, 3.8) is 0 Å². The molecule has 7 nitrogen and oxygen atoms in total. The lowest BCUT2D eigenvalue weighted by Crippen LogP contribution is -2.16. The van der Waals surface area contributed by atoms with Crippen molar-refractivity contribution in [1.82, 2.24) is 35.1 Å². The van der Waals surface area contributed by atoms with E-state index in [0.717, 1.165) is 31.8 Å². The van der Waals surface area contributed by atoms with Crippen LogP contribution in [-0.4, -0.2) is 36.3 Å². The average Bonchev–Trinajstić information content (AvgIpc) is 2.95. The van der Waals surface area contributed by atoms with Crippen molar-refractivity contribution in [2.45, 2.75) is 25.9 Å². The third-order valence-corrected chi connectivity index (χ3v) is 2.41. The summed E-state index contributed by atoms with van der Waals surface area (Å²) in [6, 6.07) is 0. The van der Waals surface area contributed by atoms with Gasteiger partial charge in [-0.15, -0.1) is 10.2 Å². The van der Waals surface area contributed by atoms with Gasteiger partial charge in [0.15, 0.2) is 5.82 Å². The lowest BCUT2D eigenvalue weighted by molar-refractivity contribution is 0.560.